The van der Waals surface area contributed by atoms with E-state index in [1.54, 1.807) is 10.9 Å². The van der Waals surface area contributed by atoms with E-state index in [2.05, 4.69) is 10.4 Å². The fourth-order valence-corrected chi connectivity index (χ4v) is 4.52. The Morgan fingerprint density at radius 2 is 1.86 bits per heavy atom. The van der Waals surface area contributed by atoms with Gasteiger partial charge in [0.2, 0.25) is 5.09 Å². The Labute approximate surface area is 162 Å². The Morgan fingerprint density at radius 1 is 1.11 bits per heavy atom. The van der Waals surface area contributed by atoms with Gasteiger partial charge in [-0.25, -0.2) is 13.1 Å². The van der Waals surface area contributed by atoms with Crippen molar-refractivity contribution in [1.82, 2.24) is 19.4 Å². The standard InChI is InChI=1S/C19H20N4O4S/c24-19(17-8-9-18(27-17)28(25,26)22-11-1-2-12-22)20-14-15-4-6-16(7-5-15)23-13-3-10-21-23/h3-10,13H,1-2,11-12,14H2,(H,20,24). The summed E-state index contributed by atoms with van der Waals surface area (Å²) in [6.07, 6.45) is 5.23. The van der Waals surface area contributed by atoms with E-state index < -0.39 is 15.9 Å². The van der Waals surface area contributed by atoms with E-state index in [0.29, 0.717) is 19.6 Å². The van der Waals surface area contributed by atoms with Crippen molar-refractivity contribution in [3.8, 4) is 5.69 Å². The Morgan fingerprint density at radius 3 is 2.54 bits per heavy atom. The Kier molecular flexibility index (Phi) is 5.01. The van der Waals surface area contributed by atoms with E-state index in [1.807, 2.05) is 36.5 Å². The number of carbonyl (C=O) groups excluding carboxylic acids is 1. The second-order valence-corrected chi connectivity index (χ2v) is 8.40. The molecule has 1 amide bonds. The van der Waals surface area contributed by atoms with Crippen LogP contribution in [0.1, 0.15) is 29.0 Å². The van der Waals surface area contributed by atoms with Crippen molar-refractivity contribution in [2.45, 2.75) is 24.5 Å². The zero-order valence-corrected chi connectivity index (χ0v) is 15.9. The number of hydrogen-bond acceptors (Lipinski definition) is 5. The predicted molar refractivity (Wildman–Crippen MR) is 101 cm³/mol. The van der Waals surface area contributed by atoms with Gasteiger partial charge in [-0.3, -0.25) is 4.79 Å². The maximum atomic E-state index is 12.5. The van der Waals surface area contributed by atoms with Crippen LogP contribution in [0, 0.1) is 0 Å². The molecule has 0 unspecified atom stereocenters. The van der Waals surface area contributed by atoms with Gasteiger partial charge in [0.05, 0.1) is 5.69 Å². The highest BCUT2D eigenvalue weighted by Crippen LogP contribution is 2.22. The summed E-state index contributed by atoms with van der Waals surface area (Å²) in [5.74, 6) is -0.482. The first-order valence-corrected chi connectivity index (χ1v) is 10.5. The summed E-state index contributed by atoms with van der Waals surface area (Å²) in [4.78, 5) is 12.3. The summed E-state index contributed by atoms with van der Waals surface area (Å²) in [5.41, 5.74) is 1.82. The van der Waals surface area contributed by atoms with Gasteiger partial charge in [0.15, 0.2) is 5.76 Å². The Hall–Kier alpha value is -2.91. The lowest BCUT2D eigenvalue weighted by Crippen LogP contribution is -2.27. The number of aromatic nitrogens is 2. The van der Waals surface area contributed by atoms with E-state index in [-0.39, 0.29) is 10.9 Å². The quantitative estimate of drug-likeness (QED) is 0.684. The first-order chi connectivity index (χ1) is 13.5. The molecule has 28 heavy (non-hydrogen) atoms. The molecule has 0 spiro atoms. The van der Waals surface area contributed by atoms with Crippen LogP contribution >= 0.6 is 0 Å². The highest BCUT2D eigenvalue weighted by molar-refractivity contribution is 7.89. The Balaban J connectivity index is 1.38. The molecule has 146 valence electrons. The van der Waals surface area contributed by atoms with Gasteiger partial charge in [-0.2, -0.15) is 9.40 Å². The zero-order chi connectivity index (χ0) is 19.6. The van der Waals surface area contributed by atoms with Crippen LogP contribution in [0.3, 0.4) is 0 Å². The monoisotopic (exact) mass is 400 g/mol. The molecule has 3 aromatic rings. The number of benzene rings is 1. The molecule has 1 N–H and O–H groups in total. The fourth-order valence-electron chi connectivity index (χ4n) is 3.09. The molecule has 1 aliphatic rings. The summed E-state index contributed by atoms with van der Waals surface area (Å²) in [5, 5.41) is 6.71. The summed E-state index contributed by atoms with van der Waals surface area (Å²) >= 11 is 0. The van der Waals surface area contributed by atoms with Gasteiger partial charge >= 0.3 is 0 Å². The molecule has 0 radical (unpaired) electrons. The minimum atomic E-state index is -3.67. The molecule has 0 saturated carbocycles. The zero-order valence-electron chi connectivity index (χ0n) is 15.1. The molecule has 2 aromatic heterocycles. The summed E-state index contributed by atoms with van der Waals surface area (Å²) < 4.78 is 33.4. The second kappa shape index (κ2) is 7.61. The number of furan rings is 1. The van der Waals surface area contributed by atoms with Gasteiger partial charge in [-0.1, -0.05) is 12.1 Å². The molecule has 8 nitrogen and oxygen atoms in total. The molecule has 0 bridgehead atoms. The van der Waals surface area contributed by atoms with Crippen molar-refractivity contribution in [3.63, 3.8) is 0 Å². The van der Waals surface area contributed by atoms with E-state index >= 15 is 0 Å². The summed E-state index contributed by atoms with van der Waals surface area (Å²) in [7, 11) is -3.67. The lowest BCUT2D eigenvalue weighted by atomic mass is 10.2. The predicted octanol–water partition coefficient (Wildman–Crippen LogP) is 2.18. The van der Waals surface area contributed by atoms with Gasteiger partial charge in [0.25, 0.3) is 15.9 Å². The van der Waals surface area contributed by atoms with Crippen molar-refractivity contribution >= 4 is 15.9 Å². The number of sulfonamides is 1. The fraction of sp³-hybridized carbons (Fsp3) is 0.263. The van der Waals surface area contributed by atoms with Gasteiger partial charge in [0.1, 0.15) is 0 Å². The van der Waals surface area contributed by atoms with E-state index in [4.69, 9.17) is 4.42 Å². The molecular weight excluding hydrogens is 380 g/mol. The van der Waals surface area contributed by atoms with Crippen LogP contribution in [0.4, 0.5) is 0 Å². The lowest BCUT2D eigenvalue weighted by Gasteiger charge is -2.12. The average molecular weight is 400 g/mol. The minimum absolute atomic E-state index is 0.0223. The van der Waals surface area contributed by atoms with E-state index in [9.17, 15) is 13.2 Å². The first-order valence-electron chi connectivity index (χ1n) is 9.01. The summed E-state index contributed by atoms with van der Waals surface area (Å²) in [6.45, 7) is 1.27. The molecule has 1 aliphatic heterocycles. The molecular formula is C19H20N4O4S. The first kappa shape index (κ1) is 18.5. The molecule has 9 heteroatoms. The third kappa shape index (κ3) is 3.71. The lowest BCUT2D eigenvalue weighted by molar-refractivity contribution is 0.0917. The SMILES string of the molecule is O=C(NCc1ccc(-n2cccn2)cc1)c1ccc(S(=O)(=O)N2CCCC2)o1. The van der Waals surface area contributed by atoms with E-state index in [0.717, 1.165) is 24.1 Å². The molecule has 1 fully saturated rings. The van der Waals surface area contributed by atoms with Crippen molar-refractivity contribution in [2.75, 3.05) is 13.1 Å². The third-order valence-corrected chi connectivity index (χ3v) is 6.40. The van der Waals surface area contributed by atoms with Crippen LogP contribution in [0.25, 0.3) is 5.69 Å². The number of rotatable bonds is 6. The smallest absolute Gasteiger partial charge is 0.287 e. The number of hydrogen-bond donors (Lipinski definition) is 1. The van der Waals surface area contributed by atoms with Crippen LogP contribution in [-0.4, -0.2) is 41.5 Å². The number of nitrogens with zero attached hydrogens (tertiary/aromatic N) is 3. The number of carbonyl (C=O) groups is 1. The molecule has 1 saturated heterocycles. The van der Waals surface area contributed by atoms with Crippen molar-refractivity contribution in [1.29, 1.82) is 0 Å². The van der Waals surface area contributed by atoms with E-state index in [1.165, 1.54) is 16.4 Å². The third-order valence-electron chi connectivity index (χ3n) is 4.62. The van der Waals surface area contributed by atoms with Crippen LogP contribution < -0.4 is 5.32 Å². The van der Waals surface area contributed by atoms with Gasteiger partial charge in [-0.05, 0) is 48.7 Å². The molecule has 3 heterocycles. The normalized spacial score (nSPS) is 15.0. The minimum Gasteiger partial charge on any atom is -0.438 e. The van der Waals surface area contributed by atoms with Gasteiger partial charge in [-0.15, -0.1) is 0 Å². The highest BCUT2D eigenvalue weighted by Gasteiger charge is 2.30. The maximum absolute atomic E-state index is 12.5. The Bertz CT molecular complexity index is 1050. The average Bonchev–Trinajstić information content (AvgIpc) is 3.48. The van der Waals surface area contributed by atoms with Crippen LogP contribution in [-0.2, 0) is 16.6 Å². The van der Waals surface area contributed by atoms with Crippen molar-refractivity contribution in [2.24, 2.45) is 0 Å². The van der Waals surface area contributed by atoms with Crippen LogP contribution in [0.2, 0.25) is 0 Å². The van der Waals surface area contributed by atoms with Crippen molar-refractivity contribution in [3.05, 3.63) is 66.2 Å². The summed E-state index contributed by atoms with van der Waals surface area (Å²) in [6, 6.07) is 12.2. The van der Waals surface area contributed by atoms with Crippen LogP contribution in [0.15, 0.2) is 64.4 Å². The number of amides is 1. The topological polar surface area (TPSA) is 97.4 Å². The molecule has 0 atom stereocenters. The van der Waals surface area contributed by atoms with Crippen molar-refractivity contribution < 1.29 is 17.6 Å². The molecule has 1 aromatic carbocycles. The largest absolute Gasteiger partial charge is 0.438 e. The highest BCUT2D eigenvalue weighted by atomic mass is 32.2. The molecule has 4 rings (SSSR count). The van der Waals surface area contributed by atoms with Gasteiger partial charge < -0.3 is 9.73 Å². The molecule has 0 aliphatic carbocycles. The van der Waals surface area contributed by atoms with Gasteiger partial charge in [0, 0.05) is 32.0 Å². The number of nitrogens with one attached hydrogen (secondary N) is 1. The maximum Gasteiger partial charge on any atom is 0.287 e. The second-order valence-electron chi connectivity index (χ2n) is 6.53. The van der Waals surface area contributed by atoms with Crippen LogP contribution in [0.5, 0.6) is 0 Å².